The summed E-state index contributed by atoms with van der Waals surface area (Å²) < 4.78 is 0. The maximum absolute atomic E-state index is 12.6. The van der Waals surface area contributed by atoms with Crippen molar-refractivity contribution >= 4 is 5.91 Å². The van der Waals surface area contributed by atoms with Crippen LogP contribution in [0.5, 0.6) is 0 Å². The van der Waals surface area contributed by atoms with E-state index in [4.69, 9.17) is 0 Å². The van der Waals surface area contributed by atoms with Crippen molar-refractivity contribution in [3.8, 4) is 0 Å². The average Bonchev–Trinajstić information content (AvgIpc) is 2.57. The number of benzene rings is 1. The number of rotatable bonds is 6. The minimum atomic E-state index is -0.435. The molecule has 0 aliphatic carbocycles. The van der Waals surface area contributed by atoms with Crippen molar-refractivity contribution in [2.45, 2.75) is 46.1 Å². The number of carbonyl (C=O) groups excluding carboxylic acids is 1. The molecule has 0 saturated carbocycles. The Labute approximate surface area is 148 Å². The van der Waals surface area contributed by atoms with Crippen molar-refractivity contribution in [1.82, 2.24) is 10.3 Å². The molecular weight excluding hydrogens is 316 g/mol. The third-order valence-electron chi connectivity index (χ3n) is 4.47. The molecule has 0 saturated heterocycles. The third-order valence-corrected chi connectivity index (χ3v) is 4.47. The molecule has 5 nitrogen and oxygen atoms in total. The normalized spacial score (nSPS) is 12.2. The van der Waals surface area contributed by atoms with Gasteiger partial charge in [0.15, 0.2) is 0 Å². The Balaban J connectivity index is 2.25. The first-order valence-electron chi connectivity index (χ1n) is 8.55. The number of hydrogen-bond donors (Lipinski definition) is 3. The summed E-state index contributed by atoms with van der Waals surface area (Å²) in [6.07, 6.45) is 0.384. The van der Waals surface area contributed by atoms with E-state index in [0.717, 1.165) is 16.8 Å². The highest BCUT2D eigenvalue weighted by Gasteiger charge is 2.18. The predicted molar refractivity (Wildman–Crippen MR) is 99.0 cm³/mol. The maximum atomic E-state index is 12.6. The van der Waals surface area contributed by atoms with Gasteiger partial charge in [0.2, 0.25) is 0 Å². The van der Waals surface area contributed by atoms with Crippen molar-refractivity contribution in [3.05, 3.63) is 68.6 Å². The molecule has 5 heteroatoms. The summed E-state index contributed by atoms with van der Waals surface area (Å²) in [6.45, 7) is 7.82. The van der Waals surface area contributed by atoms with Gasteiger partial charge >= 0.3 is 0 Å². The number of aliphatic hydroxyl groups excluding tert-OH is 1. The number of pyridine rings is 1. The monoisotopic (exact) mass is 342 g/mol. The number of aromatic nitrogens is 1. The van der Waals surface area contributed by atoms with Gasteiger partial charge in [-0.1, -0.05) is 38.1 Å². The lowest BCUT2D eigenvalue weighted by molar-refractivity contribution is 0.0928. The molecule has 0 fully saturated rings. The molecule has 1 atom stereocenters. The zero-order valence-corrected chi connectivity index (χ0v) is 15.2. The summed E-state index contributed by atoms with van der Waals surface area (Å²) in [5.41, 5.74) is 3.40. The van der Waals surface area contributed by atoms with Gasteiger partial charge in [-0.25, -0.2) is 0 Å². The summed E-state index contributed by atoms with van der Waals surface area (Å²) in [7, 11) is 0. The standard InChI is InChI=1S/C20H26N2O3/c1-12(2)15-5-7-16(8-6-15)18(9-10-23)22-20(25)17-11-13(3)14(4)21-19(17)24/h5-8,11-12,18,23H,9-10H2,1-4H3,(H,21,24)(H,22,25)/t18-/m0/s1. The van der Waals surface area contributed by atoms with Gasteiger partial charge in [0.25, 0.3) is 11.5 Å². The summed E-state index contributed by atoms with van der Waals surface area (Å²) in [5, 5.41) is 12.2. The molecule has 0 spiro atoms. The number of H-pyrrole nitrogens is 1. The molecular formula is C20H26N2O3. The van der Waals surface area contributed by atoms with Crippen LogP contribution in [0.1, 0.15) is 65.0 Å². The second kappa shape index (κ2) is 8.12. The van der Waals surface area contributed by atoms with E-state index in [1.807, 2.05) is 31.2 Å². The highest BCUT2D eigenvalue weighted by atomic mass is 16.3. The maximum Gasteiger partial charge on any atom is 0.261 e. The van der Waals surface area contributed by atoms with Gasteiger partial charge in [0, 0.05) is 12.3 Å². The SMILES string of the molecule is Cc1cc(C(=O)N[C@@H](CCO)c2ccc(C(C)C)cc2)c(=O)[nH]c1C. The highest BCUT2D eigenvalue weighted by Crippen LogP contribution is 2.21. The summed E-state index contributed by atoms with van der Waals surface area (Å²) in [4.78, 5) is 27.3. The van der Waals surface area contributed by atoms with Crippen molar-refractivity contribution < 1.29 is 9.90 Å². The Hall–Kier alpha value is -2.40. The lowest BCUT2D eigenvalue weighted by Crippen LogP contribution is -2.33. The molecule has 1 heterocycles. The molecule has 0 unspecified atom stereocenters. The quantitative estimate of drug-likeness (QED) is 0.755. The first kappa shape index (κ1) is 18.9. The van der Waals surface area contributed by atoms with Crippen LogP contribution >= 0.6 is 0 Å². The van der Waals surface area contributed by atoms with Crippen LogP contribution in [0.2, 0.25) is 0 Å². The van der Waals surface area contributed by atoms with E-state index in [9.17, 15) is 14.7 Å². The average molecular weight is 342 g/mol. The van der Waals surface area contributed by atoms with E-state index >= 15 is 0 Å². The topological polar surface area (TPSA) is 82.2 Å². The lowest BCUT2D eigenvalue weighted by Gasteiger charge is -2.19. The molecule has 25 heavy (non-hydrogen) atoms. The Morgan fingerprint density at radius 2 is 1.76 bits per heavy atom. The molecule has 2 aromatic rings. The number of aryl methyl sites for hydroxylation is 2. The van der Waals surface area contributed by atoms with Gasteiger partial charge in [-0.15, -0.1) is 0 Å². The van der Waals surface area contributed by atoms with Crippen LogP contribution < -0.4 is 10.9 Å². The molecule has 1 aromatic carbocycles. The van der Waals surface area contributed by atoms with E-state index < -0.39 is 11.5 Å². The third kappa shape index (κ3) is 4.57. The Morgan fingerprint density at radius 1 is 1.16 bits per heavy atom. The van der Waals surface area contributed by atoms with Gasteiger partial charge in [0.05, 0.1) is 6.04 Å². The minimum Gasteiger partial charge on any atom is -0.396 e. The van der Waals surface area contributed by atoms with Crippen molar-refractivity contribution in [2.75, 3.05) is 6.61 Å². The van der Waals surface area contributed by atoms with E-state index in [0.29, 0.717) is 12.3 Å². The van der Waals surface area contributed by atoms with Crippen LogP contribution in [0.4, 0.5) is 0 Å². The lowest BCUT2D eigenvalue weighted by atomic mass is 9.97. The zero-order chi connectivity index (χ0) is 18.6. The van der Waals surface area contributed by atoms with Crippen molar-refractivity contribution in [3.63, 3.8) is 0 Å². The molecule has 0 radical (unpaired) electrons. The molecule has 0 aliphatic heterocycles. The fourth-order valence-electron chi connectivity index (χ4n) is 2.70. The van der Waals surface area contributed by atoms with Crippen molar-refractivity contribution in [2.24, 2.45) is 0 Å². The van der Waals surface area contributed by atoms with E-state index in [2.05, 4.69) is 24.1 Å². The van der Waals surface area contributed by atoms with Gasteiger partial charge in [-0.05, 0) is 48.9 Å². The molecule has 2 rings (SSSR count). The minimum absolute atomic E-state index is 0.0554. The second-order valence-electron chi connectivity index (χ2n) is 6.68. The molecule has 0 aliphatic rings. The fraction of sp³-hybridized carbons (Fsp3) is 0.400. The van der Waals surface area contributed by atoms with Crippen LogP contribution in [0.3, 0.4) is 0 Å². The van der Waals surface area contributed by atoms with Crippen LogP contribution in [0.15, 0.2) is 35.1 Å². The molecule has 0 bridgehead atoms. The Morgan fingerprint density at radius 3 is 2.32 bits per heavy atom. The highest BCUT2D eigenvalue weighted by molar-refractivity contribution is 5.94. The van der Waals surface area contributed by atoms with Crippen LogP contribution in [-0.4, -0.2) is 22.6 Å². The van der Waals surface area contributed by atoms with Crippen molar-refractivity contribution in [1.29, 1.82) is 0 Å². The number of amides is 1. The zero-order valence-electron chi connectivity index (χ0n) is 15.2. The number of hydrogen-bond acceptors (Lipinski definition) is 3. The summed E-state index contributed by atoms with van der Waals surface area (Å²) in [5.74, 6) is -0.00948. The molecule has 3 N–H and O–H groups in total. The largest absolute Gasteiger partial charge is 0.396 e. The molecule has 1 aromatic heterocycles. The van der Waals surface area contributed by atoms with Crippen LogP contribution in [0.25, 0.3) is 0 Å². The fourth-order valence-corrected chi connectivity index (χ4v) is 2.70. The smallest absolute Gasteiger partial charge is 0.261 e. The predicted octanol–water partition coefficient (Wildman–Crippen LogP) is 2.97. The van der Waals surface area contributed by atoms with E-state index in [1.54, 1.807) is 13.0 Å². The Kier molecular flexibility index (Phi) is 6.15. The number of nitrogens with one attached hydrogen (secondary N) is 2. The second-order valence-corrected chi connectivity index (χ2v) is 6.68. The Bertz CT molecular complexity index is 792. The number of carbonyl (C=O) groups is 1. The molecule has 1 amide bonds. The van der Waals surface area contributed by atoms with Gasteiger partial charge in [0.1, 0.15) is 5.56 Å². The van der Waals surface area contributed by atoms with Crippen LogP contribution in [0, 0.1) is 13.8 Å². The summed E-state index contributed by atoms with van der Waals surface area (Å²) in [6, 6.07) is 9.22. The number of aliphatic hydroxyl groups is 1. The van der Waals surface area contributed by atoms with Gasteiger partial charge in [-0.3, -0.25) is 9.59 Å². The number of aromatic amines is 1. The summed E-state index contributed by atoms with van der Waals surface area (Å²) >= 11 is 0. The van der Waals surface area contributed by atoms with Gasteiger partial charge < -0.3 is 15.4 Å². The molecule has 134 valence electrons. The first-order valence-corrected chi connectivity index (χ1v) is 8.55. The van der Waals surface area contributed by atoms with E-state index in [-0.39, 0.29) is 18.2 Å². The first-order chi connectivity index (χ1) is 11.8. The van der Waals surface area contributed by atoms with Gasteiger partial charge in [-0.2, -0.15) is 0 Å². The van der Waals surface area contributed by atoms with E-state index in [1.165, 1.54) is 5.56 Å². The van der Waals surface area contributed by atoms with Crippen LogP contribution in [-0.2, 0) is 0 Å².